The van der Waals surface area contributed by atoms with Crippen LogP contribution in [-0.2, 0) is 27.9 Å². The maximum atomic E-state index is 13.6. The van der Waals surface area contributed by atoms with Gasteiger partial charge in [0.15, 0.2) is 0 Å². The summed E-state index contributed by atoms with van der Waals surface area (Å²) < 4.78 is 30.8. The molecule has 0 saturated carbocycles. The van der Waals surface area contributed by atoms with E-state index in [1.807, 2.05) is 33.3 Å². The van der Waals surface area contributed by atoms with E-state index in [9.17, 15) is 19.0 Å². The van der Waals surface area contributed by atoms with E-state index in [4.69, 9.17) is 13.8 Å². The van der Waals surface area contributed by atoms with Crippen LogP contribution in [0.25, 0.3) is 0 Å². The van der Waals surface area contributed by atoms with Crippen molar-refractivity contribution in [3.05, 3.63) is 158 Å². The molecule has 0 aromatic rings. The van der Waals surface area contributed by atoms with Gasteiger partial charge >= 0.3 is 13.8 Å². The van der Waals surface area contributed by atoms with Gasteiger partial charge in [-0.3, -0.25) is 18.6 Å². The fourth-order valence-corrected chi connectivity index (χ4v) is 9.56. The number of carbonyl (C=O) groups is 2. The van der Waals surface area contributed by atoms with E-state index < -0.39 is 20.0 Å². The van der Waals surface area contributed by atoms with Gasteiger partial charge in [0.25, 0.3) is 0 Å². The summed E-state index contributed by atoms with van der Waals surface area (Å²) in [6, 6.07) is -0.887. The number of unbranched alkanes of at least 4 members (excludes halogenated alkanes) is 19. The van der Waals surface area contributed by atoms with Gasteiger partial charge in [-0.1, -0.05) is 263 Å². The van der Waals surface area contributed by atoms with Crippen molar-refractivity contribution in [2.24, 2.45) is 0 Å². The largest absolute Gasteiger partial charge is 0.472 e. The van der Waals surface area contributed by atoms with E-state index in [0.29, 0.717) is 23.9 Å². The molecule has 2 N–H and O–H groups in total. The van der Waals surface area contributed by atoms with Crippen molar-refractivity contribution >= 4 is 19.7 Å². The molecule has 0 aromatic carbocycles. The van der Waals surface area contributed by atoms with Gasteiger partial charge in [0.05, 0.1) is 33.8 Å². The Hall–Kier alpha value is -4.37. The monoisotopic (exact) mass is 1200 g/mol. The molecule has 482 valence electrons. The predicted octanol–water partition coefficient (Wildman–Crippen LogP) is 21.6. The zero-order valence-corrected chi connectivity index (χ0v) is 55.9. The summed E-state index contributed by atoms with van der Waals surface area (Å²) >= 11 is 0. The number of ether oxygens (including phenoxy) is 1. The molecule has 9 nitrogen and oxygen atoms in total. The Kier molecular flexibility index (Phi) is 59.5. The number of likely N-dealkylation sites (N-methyl/N-ethyl adjacent to an activating group) is 1. The predicted molar refractivity (Wildman–Crippen MR) is 368 cm³/mol. The number of hydrogen-bond donors (Lipinski definition) is 2. The molecule has 0 rings (SSSR count). The highest BCUT2D eigenvalue weighted by Crippen LogP contribution is 2.43. The molecule has 0 radical (unpaired) electrons. The Labute approximate surface area is 522 Å². The minimum absolute atomic E-state index is 0.0209. The molecular weight excluding hydrogens is 1070 g/mol. The van der Waals surface area contributed by atoms with Crippen molar-refractivity contribution < 1.29 is 37.3 Å². The molecule has 3 atom stereocenters. The van der Waals surface area contributed by atoms with Crippen molar-refractivity contribution in [1.29, 1.82) is 0 Å². The molecule has 0 aromatic heterocycles. The summed E-state index contributed by atoms with van der Waals surface area (Å²) in [5, 5.41) is 3.04. The highest BCUT2D eigenvalue weighted by Gasteiger charge is 2.30. The molecule has 0 spiro atoms. The Bertz CT molecular complexity index is 2010. The van der Waals surface area contributed by atoms with Crippen LogP contribution in [0.2, 0.25) is 0 Å². The number of rotatable bonds is 59. The lowest BCUT2D eigenvalue weighted by Crippen LogP contribution is -2.47. The average Bonchev–Trinajstić information content (AvgIpc) is 3.52. The Morgan fingerprint density at radius 3 is 1.13 bits per heavy atom. The molecule has 1 amide bonds. The molecule has 0 heterocycles. The Balaban J connectivity index is 5.32. The molecule has 10 heteroatoms. The minimum atomic E-state index is -4.48. The molecule has 0 aliphatic rings. The summed E-state index contributed by atoms with van der Waals surface area (Å²) in [4.78, 5) is 37.9. The van der Waals surface area contributed by atoms with E-state index in [0.717, 1.165) is 148 Å². The lowest BCUT2D eigenvalue weighted by molar-refractivity contribution is -0.870. The SMILES string of the molecule is CC/C=C\C/C=C\C/C=C\C/C=C\C/C=C\C/C=C\CCCCCCC(=O)NC(COP(=O)(O)OCC[N+](C)(C)C)C(/C=C/CCCCCCCCCCCCC)OC(=O)CCCCCC/C=C\C/C=C\C/C=C\C/C=C\C/C=C\C/C=C\CC. The fourth-order valence-electron chi connectivity index (χ4n) is 8.83. The normalized spacial score (nSPS) is 14.6. The van der Waals surface area contributed by atoms with Gasteiger partial charge in [-0.25, -0.2) is 4.57 Å². The van der Waals surface area contributed by atoms with Crippen LogP contribution in [0.3, 0.4) is 0 Å². The van der Waals surface area contributed by atoms with Gasteiger partial charge in [0.2, 0.25) is 5.91 Å². The first-order valence-electron chi connectivity index (χ1n) is 33.8. The van der Waals surface area contributed by atoms with E-state index >= 15 is 0 Å². The van der Waals surface area contributed by atoms with Gasteiger partial charge in [-0.15, -0.1) is 0 Å². The molecular formula is C75H126N2O7P+. The first-order valence-corrected chi connectivity index (χ1v) is 35.3. The second-order valence-corrected chi connectivity index (χ2v) is 24.7. The van der Waals surface area contributed by atoms with Crippen LogP contribution in [0.15, 0.2) is 158 Å². The van der Waals surface area contributed by atoms with Gasteiger partial charge in [-0.05, 0) is 134 Å². The van der Waals surface area contributed by atoms with Crippen molar-refractivity contribution in [3.63, 3.8) is 0 Å². The van der Waals surface area contributed by atoms with E-state index in [1.165, 1.54) is 57.8 Å². The zero-order chi connectivity index (χ0) is 62.1. The number of nitrogens with one attached hydrogen (secondary N) is 1. The highest BCUT2D eigenvalue weighted by molar-refractivity contribution is 7.47. The molecule has 0 saturated heterocycles. The number of phosphoric acid groups is 1. The topological polar surface area (TPSA) is 111 Å². The van der Waals surface area contributed by atoms with Crippen molar-refractivity contribution in [1.82, 2.24) is 5.32 Å². The van der Waals surface area contributed by atoms with Gasteiger partial charge in [0.1, 0.15) is 19.3 Å². The summed E-state index contributed by atoms with van der Waals surface area (Å²) in [6.45, 7) is 6.73. The van der Waals surface area contributed by atoms with Crippen LogP contribution in [0.1, 0.15) is 252 Å². The number of esters is 1. The fraction of sp³-hybridized carbons (Fsp3) is 0.627. The van der Waals surface area contributed by atoms with Gasteiger partial charge in [0, 0.05) is 12.8 Å². The third-order valence-electron chi connectivity index (χ3n) is 14.0. The number of quaternary nitrogens is 1. The third kappa shape index (κ3) is 63.9. The third-order valence-corrected chi connectivity index (χ3v) is 14.9. The first kappa shape index (κ1) is 80.6. The second-order valence-electron chi connectivity index (χ2n) is 23.2. The Morgan fingerprint density at radius 2 is 0.753 bits per heavy atom. The maximum absolute atomic E-state index is 13.6. The number of nitrogens with zero attached hydrogens (tertiary/aromatic N) is 1. The van der Waals surface area contributed by atoms with E-state index in [1.54, 1.807) is 0 Å². The van der Waals surface area contributed by atoms with Crippen LogP contribution in [0.4, 0.5) is 0 Å². The number of phosphoric ester groups is 1. The molecule has 85 heavy (non-hydrogen) atoms. The number of amides is 1. The van der Waals surface area contributed by atoms with Crippen LogP contribution >= 0.6 is 7.82 Å². The van der Waals surface area contributed by atoms with Crippen molar-refractivity contribution in [2.75, 3.05) is 40.9 Å². The molecule has 0 bridgehead atoms. The summed E-state index contributed by atoms with van der Waals surface area (Å²) in [5.74, 6) is -0.574. The second kappa shape index (κ2) is 62.7. The van der Waals surface area contributed by atoms with Crippen molar-refractivity contribution in [3.8, 4) is 0 Å². The number of hydrogen-bond acceptors (Lipinski definition) is 6. The smallest absolute Gasteiger partial charge is 0.456 e. The highest BCUT2D eigenvalue weighted by atomic mass is 31.2. The summed E-state index contributed by atoms with van der Waals surface area (Å²) in [6.07, 6.45) is 92.4. The molecule has 3 unspecified atom stereocenters. The number of carbonyl (C=O) groups excluding carboxylic acids is 2. The van der Waals surface area contributed by atoms with Crippen LogP contribution in [-0.4, -0.2) is 74.3 Å². The minimum Gasteiger partial charge on any atom is -0.456 e. The lowest BCUT2D eigenvalue weighted by atomic mass is 10.0. The molecule has 0 aliphatic carbocycles. The van der Waals surface area contributed by atoms with Gasteiger partial charge < -0.3 is 19.4 Å². The number of allylic oxidation sites excluding steroid dienone is 25. The molecule has 0 aliphatic heterocycles. The maximum Gasteiger partial charge on any atom is 0.472 e. The summed E-state index contributed by atoms with van der Waals surface area (Å²) in [7, 11) is 1.44. The van der Waals surface area contributed by atoms with Gasteiger partial charge in [-0.2, -0.15) is 0 Å². The first-order chi connectivity index (χ1) is 41.4. The van der Waals surface area contributed by atoms with Crippen LogP contribution in [0.5, 0.6) is 0 Å². The lowest BCUT2D eigenvalue weighted by Gasteiger charge is -2.27. The standard InChI is InChI=1S/C75H125N2O7P/c1-7-10-13-16-19-22-25-28-30-32-34-36-38-40-42-44-46-49-52-55-58-61-64-67-74(78)76-72(71-83-85(80,81)82-70-69-77(4,5)6)73(66-63-60-57-54-51-48-27-24-21-18-15-12-9-3)84-75(79)68-65-62-59-56-53-50-47-45-43-41-39-37-35-33-31-29-26-23-20-17-14-11-8-2/h10-11,13-14,19-20,22-23,28-31,34-37,40-43,46-47,49-50,63,66,72-73H,7-9,12,15-18,21,24-27,32-33,38-39,44-45,48,51-62,64-65,67-71H2,1-6H3,(H-,76,78,80,81)/p+1/b13-10-,14-11-,22-19-,23-20-,30-28-,31-29-,36-34-,37-35-,42-40-,43-41-,49-46-,50-47-,66-63+. The van der Waals surface area contributed by atoms with Crippen LogP contribution in [0, 0.1) is 0 Å². The molecule has 0 fully saturated rings. The Morgan fingerprint density at radius 1 is 0.424 bits per heavy atom. The zero-order valence-electron chi connectivity index (χ0n) is 55.0. The van der Waals surface area contributed by atoms with E-state index in [-0.39, 0.29) is 37.9 Å². The average molecular weight is 1200 g/mol. The quantitative estimate of drug-likeness (QED) is 0.0205. The summed E-state index contributed by atoms with van der Waals surface area (Å²) in [5.41, 5.74) is 0. The van der Waals surface area contributed by atoms with Crippen molar-refractivity contribution in [2.45, 2.75) is 264 Å². The van der Waals surface area contributed by atoms with E-state index in [2.05, 4.69) is 172 Å². The van der Waals surface area contributed by atoms with Crippen LogP contribution < -0.4 is 5.32 Å².